The first kappa shape index (κ1) is 22.8. The molecular weight excluding hydrogens is 439 g/mol. The minimum Gasteiger partial charge on any atom is -0.478 e. The van der Waals surface area contributed by atoms with Crippen LogP contribution < -0.4 is 10.1 Å². The molecule has 0 atom stereocenters. The Hall–Kier alpha value is -2.83. The second-order valence-electron chi connectivity index (χ2n) is 7.29. The maximum absolute atomic E-state index is 12.2. The average molecular weight is 461 g/mol. The zero-order valence-electron chi connectivity index (χ0n) is 17.6. The van der Waals surface area contributed by atoms with Crippen LogP contribution in [0.5, 0.6) is 5.75 Å². The van der Waals surface area contributed by atoms with Crippen molar-refractivity contribution in [1.82, 2.24) is 4.98 Å². The number of anilines is 1. The average Bonchev–Trinajstić information content (AvgIpc) is 2.68. The Kier molecular flexibility index (Phi) is 7.03. The van der Waals surface area contributed by atoms with E-state index in [0.29, 0.717) is 21.6 Å². The van der Waals surface area contributed by atoms with E-state index >= 15 is 0 Å². The highest BCUT2D eigenvalue weighted by Crippen LogP contribution is 2.37. The molecule has 0 aliphatic rings. The van der Waals surface area contributed by atoms with Crippen LogP contribution in [0.3, 0.4) is 0 Å². The maximum Gasteiger partial charge on any atom is 0.344 e. The van der Waals surface area contributed by atoms with Crippen molar-refractivity contribution in [3.8, 4) is 5.75 Å². The monoisotopic (exact) mass is 460 g/mol. The number of hydrogen-bond donors (Lipinski definition) is 1. The summed E-state index contributed by atoms with van der Waals surface area (Å²) in [6, 6.07) is 9.09. The number of nitrogens with one attached hydrogen (secondary N) is 1. The third-order valence-corrected chi connectivity index (χ3v) is 5.21. The summed E-state index contributed by atoms with van der Waals surface area (Å²) in [5.41, 5.74) is 4.89. The van der Waals surface area contributed by atoms with Gasteiger partial charge in [0.05, 0.1) is 10.0 Å². The summed E-state index contributed by atoms with van der Waals surface area (Å²) >= 11 is 12.5. The van der Waals surface area contributed by atoms with Crippen molar-refractivity contribution < 1.29 is 19.1 Å². The van der Waals surface area contributed by atoms with Gasteiger partial charge in [0.15, 0.2) is 19.0 Å². The first-order valence-electron chi connectivity index (χ1n) is 9.57. The Balaban J connectivity index is 1.61. The second kappa shape index (κ2) is 9.54. The Labute approximate surface area is 190 Å². The summed E-state index contributed by atoms with van der Waals surface area (Å²) in [6.45, 7) is 6.77. The quantitative estimate of drug-likeness (QED) is 0.502. The van der Waals surface area contributed by atoms with Crippen LogP contribution in [0.1, 0.15) is 22.4 Å². The van der Waals surface area contributed by atoms with Crippen LogP contribution >= 0.6 is 23.2 Å². The number of aryl methyl sites for hydroxylation is 4. The molecule has 0 unspecified atom stereocenters. The van der Waals surface area contributed by atoms with Gasteiger partial charge in [0.1, 0.15) is 5.52 Å². The van der Waals surface area contributed by atoms with Crippen molar-refractivity contribution >= 4 is 51.7 Å². The molecule has 3 aromatic rings. The number of pyridine rings is 1. The van der Waals surface area contributed by atoms with Crippen LogP contribution in [0, 0.1) is 27.7 Å². The fourth-order valence-electron chi connectivity index (χ4n) is 3.30. The van der Waals surface area contributed by atoms with Gasteiger partial charge in [-0.05, 0) is 57.0 Å². The Morgan fingerprint density at radius 3 is 2.32 bits per heavy atom. The lowest BCUT2D eigenvalue weighted by Gasteiger charge is -2.14. The number of benzene rings is 2. The van der Waals surface area contributed by atoms with Crippen LogP contribution in [-0.4, -0.2) is 30.1 Å². The highest BCUT2D eigenvalue weighted by Gasteiger charge is 2.16. The van der Waals surface area contributed by atoms with E-state index in [9.17, 15) is 9.59 Å². The number of carbonyl (C=O) groups is 2. The van der Waals surface area contributed by atoms with Crippen LogP contribution in [-0.2, 0) is 14.3 Å². The molecule has 0 saturated carbocycles. The number of amides is 1. The van der Waals surface area contributed by atoms with Gasteiger partial charge in [-0.15, -0.1) is 0 Å². The summed E-state index contributed by atoms with van der Waals surface area (Å²) in [5.74, 6) is -0.910. The van der Waals surface area contributed by atoms with Gasteiger partial charge < -0.3 is 14.8 Å². The molecule has 2 aromatic carbocycles. The summed E-state index contributed by atoms with van der Waals surface area (Å²) < 4.78 is 10.6. The molecule has 0 aliphatic carbocycles. The molecule has 1 aromatic heterocycles. The molecule has 0 radical (unpaired) electrons. The fourth-order valence-corrected chi connectivity index (χ4v) is 3.87. The Bertz CT molecular complexity index is 1150. The molecule has 31 heavy (non-hydrogen) atoms. The summed E-state index contributed by atoms with van der Waals surface area (Å²) in [4.78, 5) is 28.7. The predicted molar refractivity (Wildman–Crippen MR) is 122 cm³/mol. The van der Waals surface area contributed by atoms with E-state index in [1.165, 1.54) is 6.07 Å². The first-order valence-corrected chi connectivity index (χ1v) is 10.3. The van der Waals surface area contributed by atoms with Gasteiger partial charge in [-0.3, -0.25) is 4.79 Å². The molecule has 6 nitrogen and oxygen atoms in total. The van der Waals surface area contributed by atoms with Gasteiger partial charge in [-0.25, -0.2) is 9.78 Å². The first-order chi connectivity index (χ1) is 14.7. The molecule has 8 heteroatoms. The van der Waals surface area contributed by atoms with Gasteiger partial charge in [0.25, 0.3) is 5.91 Å². The van der Waals surface area contributed by atoms with Crippen molar-refractivity contribution in [1.29, 1.82) is 0 Å². The molecule has 162 valence electrons. The number of aromatic nitrogens is 1. The maximum atomic E-state index is 12.2. The van der Waals surface area contributed by atoms with Crippen molar-refractivity contribution in [3.63, 3.8) is 0 Å². The van der Waals surface area contributed by atoms with E-state index in [2.05, 4.69) is 10.3 Å². The smallest absolute Gasteiger partial charge is 0.344 e. The highest BCUT2D eigenvalue weighted by molar-refractivity contribution is 6.39. The number of hydrogen-bond acceptors (Lipinski definition) is 5. The third-order valence-electron chi connectivity index (χ3n) is 4.62. The van der Waals surface area contributed by atoms with Gasteiger partial charge in [-0.2, -0.15) is 0 Å². The minimum atomic E-state index is -0.709. The van der Waals surface area contributed by atoms with E-state index < -0.39 is 25.1 Å². The number of carbonyl (C=O) groups excluding carboxylic acids is 2. The molecule has 1 N–H and O–H groups in total. The van der Waals surface area contributed by atoms with E-state index in [4.69, 9.17) is 32.7 Å². The Morgan fingerprint density at radius 2 is 1.65 bits per heavy atom. The normalized spacial score (nSPS) is 10.8. The standard InChI is InChI=1S/C23H22Cl2N2O4/c1-12-7-13(2)21(14(3)8-12)27-19(28)10-30-20(29)11-31-23-18(25)9-17(24)16-6-5-15(4)26-22(16)23/h5-9H,10-11H2,1-4H3,(H,27,28). The molecule has 1 amide bonds. The second-order valence-corrected chi connectivity index (χ2v) is 8.10. The van der Waals surface area contributed by atoms with Crippen LogP contribution in [0.25, 0.3) is 10.9 Å². The number of nitrogens with zero attached hydrogens (tertiary/aromatic N) is 1. The zero-order valence-corrected chi connectivity index (χ0v) is 19.1. The topological polar surface area (TPSA) is 77.5 Å². The lowest BCUT2D eigenvalue weighted by atomic mass is 10.1. The third kappa shape index (κ3) is 5.46. The fraction of sp³-hybridized carbons (Fsp3) is 0.261. The predicted octanol–water partition coefficient (Wildman–Crippen LogP) is 5.34. The van der Waals surface area contributed by atoms with E-state index in [0.717, 1.165) is 22.4 Å². The zero-order chi connectivity index (χ0) is 22.7. The molecule has 0 spiro atoms. The van der Waals surface area contributed by atoms with E-state index in [1.807, 2.05) is 45.9 Å². The number of rotatable bonds is 6. The number of fused-ring (bicyclic) bond motifs is 1. The molecule has 0 aliphatic heterocycles. The highest BCUT2D eigenvalue weighted by atomic mass is 35.5. The van der Waals surface area contributed by atoms with Gasteiger partial charge in [0, 0.05) is 16.8 Å². The van der Waals surface area contributed by atoms with Gasteiger partial charge >= 0.3 is 5.97 Å². The molecule has 1 heterocycles. The van der Waals surface area contributed by atoms with Gasteiger partial charge in [-0.1, -0.05) is 40.9 Å². The van der Waals surface area contributed by atoms with Crippen LogP contribution in [0.2, 0.25) is 10.0 Å². The van der Waals surface area contributed by atoms with Crippen LogP contribution in [0.15, 0.2) is 30.3 Å². The molecular formula is C23H22Cl2N2O4. The summed E-state index contributed by atoms with van der Waals surface area (Å²) in [6.07, 6.45) is 0. The number of ether oxygens (including phenoxy) is 2. The lowest BCUT2D eigenvalue weighted by molar-refractivity contribution is -0.149. The van der Waals surface area contributed by atoms with Crippen molar-refractivity contribution in [3.05, 3.63) is 62.8 Å². The minimum absolute atomic E-state index is 0.228. The SMILES string of the molecule is Cc1cc(C)c(NC(=O)COC(=O)COc2c(Cl)cc(Cl)c3ccc(C)nc23)c(C)c1. The van der Waals surface area contributed by atoms with Crippen molar-refractivity contribution in [2.45, 2.75) is 27.7 Å². The van der Waals surface area contributed by atoms with Crippen LogP contribution in [0.4, 0.5) is 5.69 Å². The summed E-state index contributed by atoms with van der Waals surface area (Å²) in [7, 11) is 0. The van der Waals surface area contributed by atoms with E-state index in [1.54, 1.807) is 6.07 Å². The number of halogens is 2. The Morgan fingerprint density at radius 1 is 0.968 bits per heavy atom. The molecule has 0 saturated heterocycles. The molecule has 0 bridgehead atoms. The molecule has 3 rings (SSSR count). The van der Waals surface area contributed by atoms with Gasteiger partial charge in [0.2, 0.25) is 0 Å². The molecule has 0 fully saturated rings. The largest absolute Gasteiger partial charge is 0.478 e. The number of esters is 1. The van der Waals surface area contributed by atoms with Crippen molar-refractivity contribution in [2.75, 3.05) is 18.5 Å². The van der Waals surface area contributed by atoms with Crippen molar-refractivity contribution in [2.24, 2.45) is 0 Å². The van der Waals surface area contributed by atoms with E-state index in [-0.39, 0.29) is 10.8 Å². The summed E-state index contributed by atoms with van der Waals surface area (Å²) in [5, 5.41) is 4.09. The lowest BCUT2D eigenvalue weighted by Crippen LogP contribution is -2.24.